The fourth-order valence-corrected chi connectivity index (χ4v) is 2.95. The number of pyridine rings is 1. The Morgan fingerprint density at radius 3 is 2.25 bits per heavy atom. The average Bonchev–Trinajstić information content (AvgIpc) is 2.78. The van der Waals surface area contributed by atoms with Gasteiger partial charge in [0.25, 0.3) is 0 Å². The lowest BCUT2D eigenvalue weighted by Crippen LogP contribution is -2.46. The van der Waals surface area contributed by atoms with Crippen LogP contribution in [0.4, 0.5) is 0 Å². The molecule has 0 saturated carbocycles. The van der Waals surface area contributed by atoms with E-state index in [-0.39, 0.29) is 6.61 Å². The summed E-state index contributed by atoms with van der Waals surface area (Å²) >= 11 is 0. The van der Waals surface area contributed by atoms with Crippen molar-refractivity contribution in [3.63, 3.8) is 0 Å². The molecule has 0 aliphatic rings. The van der Waals surface area contributed by atoms with E-state index in [1.54, 1.807) is 18.2 Å². The van der Waals surface area contributed by atoms with Gasteiger partial charge < -0.3 is 14.9 Å². The molecule has 2 N–H and O–H groups in total. The van der Waals surface area contributed by atoms with Gasteiger partial charge in [0.2, 0.25) is 0 Å². The number of hydrogen-bond acceptors (Lipinski definition) is 5. The van der Waals surface area contributed by atoms with Crippen molar-refractivity contribution in [3.8, 4) is 11.1 Å². The lowest BCUT2D eigenvalue weighted by atomic mass is 9.91. The van der Waals surface area contributed by atoms with Gasteiger partial charge in [0.05, 0.1) is 12.3 Å². The highest BCUT2D eigenvalue weighted by Crippen LogP contribution is 2.30. The first-order valence-electron chi connectivity index (χ1n) is 9.06. The first-order valence-corrected chi connectivity index (χ1v) is 9.06. The Morgan fingerprint density at radius 1 is 1.00 bits per heavy atom. The minimum absolute atomic E-state index is 0.112. The largest absolute Gasteiger partial charge is 0.388 e. The summed E-state index contributed by atoms with van der Waals surface area (Å²) in [5, 5.41) is 20.1. The molecule has 0 aliphatic heterocycles. The lowest BCUT2D eigenvalue weighted by molar-refractivity contribution is -0.166. The molecule has 0 saturated heterocycles. The number of aliphatic hydroxyl groups excluding tert-OH is 2. The fraction of sp³-hybridized carbons (Fsp3) is 0.217. The number of ketones is 1. The summed E-state index contributed by atoms with van der Waals surface area (Å²) in [5.41, 5.74) is 1.74. The maximum absolute atomic E-state index is 12.3. The maximum atomic E-state index is 12.3. The second kappa shape index (κ2) is 8.89. The van der Waals surface area contributed by atoms with Crippen molar-refractivity contribution in [2.24, 2.45) is 0 Å². The summed E-state index contributed by atoms with van der Waals surface area (Å²) in [7, 11) is 0. The van der Waals surface area contributed by atoms with E-state index in [1.807, 2.05) is 54.6 Å². The van der Waals surface area contributed by atoms with Gasteiger partial charge in [-0.15, -0.1) is 0 Å². The van der Waals surface area contributed by atoms with Crippen LogP contribution in [0.3, 0.4) is 0 Å². The zero-order chi connectivity index (χ0) is 20.0. The third-order valence-corrected chi connectivity index (χ3v) is 4.79. The van der Waals surface area contributed by atoms with Crippen LogP contribution in [0.15, 0.2) is 79.0 Å². The summed E-state index contributed by atoms with van der Waals surface area (Å²) in [5.74, 6) is -0.605. The van der Waals surface area contributed by atoms with Crippen molar-refractivity contribution in [3.05, 3.63) is 90.3 Å². The number of benzene rings is 2. The van der Waals surface area contributed by atoms with Crippen LogP contribution < -0.4 is 0 Å². The Balaban J connectivity index is 1.76. The van der Waals surface area contributed by atoms with Gasteiger partial charge in [-0.3, -0.25) is 9.78 Å². The molecule has 0 bridgehead atoms. The van der Waals surface area contributed by atoms with Crippen molar-refractivity contribution in [1.82, 2.24) is 4.98 Å². The van der Waals surface area contributed by atoms with Crippen LogP contribution in [0, 0.1) is 0 Å². The summed E-state index contributed by atoms with van der Waals surface area (Å²) in [4.78, 5) is 16.4. The van der Waals surface area contributed by atoms with E-state index >= 15 is 0 Å². The third kappa shape index (κ3) is 4.34. The van der Waals surface area contributed by atoms with Gasteiger partial charge in [0.1, 0.15) is 12.7 Å². The Morgan fingerprint density at radius 2 is 1.64 bits per heavy atom. The summed E-state index contributed by atoms with van der Waals surface area (Å²) < 4.78 is 5.83. The van der Waals surface area contributed by atoms with E-state index in [4.69, 9.17) is 4.74 Å². The van der Waals surface area contributed by atoms with Crippen LogP contribution >= 0.6 is 0 Å². The predicted octanol–water partition coefficient (Wildman–Crippen LogP) is 3.32. The molecule has 5 heteroatoms. The summed E-state index contributed by atoms with van der Waals surface area (Å²) in [6.07, 6.45) is 0.238. The van der Waals surface area contributed by atoms with Crippen molar-refractivity contribution in [2.45, 2.75) is 25.2 Å². The average molecular weight is 377 g/mol. The van der Waals surface area contributed by atoms with Crippen LogP contribution in [0.5, 0.6) is 0 Å². The molecule has 1 aromatic heterocycles. The minimum Gasteiger partial charge on any atom is -0.388 e. The standard InChI is InChI=1S/C23H23NO4/c1-23(21(26)15-25,22(27)20-9-5-6-14-24-20)28-16-17-10-12-19(13-11-17)18-7-3-2-4-8-18/h2-14,22,25,27H,15-16H2,1H3/t22-,23+/m0/s1. The third-order valence-electron chi connectivity index (χ3n) is 4.79. The monoisotopic (exact) mass is 377 g/mol. The van der Waals surface area contributed by atoms with E-state index in [0.717, 1.165) is 16.7 Å². The molecule has 3 rings (SSSR count). The molecule has 0 fully saturated rings. The molecule has 0 amide bonds. The molecular formula is C23H23NO4. The molecule has 28 heavy (non-hydrogen) atoms. The van der Waals surface area contributed by atoms with Crippen molar-refractivity contribution >= 4 is 5.78 Å². The van der Waals surface area contributed by atoms with E-state index in [1.165, 1.54) is 13.1 Å². The molecule has 5 nitrogen and oxygen atoms in total. The molecule has 2 aromatic carbocycles. The van der Waals surface area contributed by atoms with Crippen molar-refractivity contribution in [2.75, 3.05) is 6.61 Å². The van der Waals surface area contributed by atoms with Crippen molar-refractivity contribution in [1.29, 1.82) is 0 Å². The van der Waals surface area contributed by atoms with E-state index < -0.39 is 24.1 Å². The molecule has 0 unspecified atom stereocenters. The van der Waals surface area contributed by atoms with E-state index in [2.05, 4.69) is 4.98 Å². The number of Topliss-reactive ketones (excluding diaryl/α,β-unsaturated/α-hetero) is 1. The number of carbonyl (C=O) groups is 1. The molecule has 144 valence electrons. The Hall–Kier alpha value is -2.86. The first kappa shape index (κ1) is 19.9. The van der Waals surface area contributed by atoms with Gasteiger partial charge in [0.15, 0.2) is 11.4 Å². The molecule has 2 atom stereocenters. The van der Waals surface area contributed by atoms with Gasteiger partial charge >= 0.3 is 0 Å². The zero-order valence-electron chi connectivity index (χ0n) is 15.7. The maximum Gasteiger partial charge on any atom is 0.192 e. The predicted molar refractivity (Wildman–Crippen MR) is 106 cm³/mol. The van der Waals surface area contributed by atoms with Gasteiger partial charge in [-0.25, -0.2) is 0 Å². The van der Waals surface area contributed by atoms with E-state index in [9.17, 15) is 15.0 Å². The van der Waals surface area contributed by atoms with Crippen LogP contribution in [0.2, 0.25) is 0 Å². The lowest BCUT2D eigenvalue weighted by Gasteiger charge is -2.32. The van der Waals surface area contributed by atoms with Gasteiger partial charge in [-0.1, -0.05) is 60.7 Å². The fourth-order valence-electron chi connectivity index (χ4n) is 2.95. The van der Waals surface area contributed by atoms with E-state index in [0.29, 0.717) is 5.69 Å². The van der Waals surface area contributed by atoms with Gasteiger partial charge in [-0.05, 0) is 35.7 Å². The first-order chi connectivity index (χ1) is 13.5. The van der Waals surface area contributed by atoms with Gasteiger partial charge in [0, 0.05) is 6.20 Å². The highest BCUT2D eigenvalue weighted by atomic mass is 16.5. The number of ether oxygens (including phenoxy) is 1. The number of hydrogen-bond donors (Lipinski definition) is 2. The van der Waals surface area contributed by atoms with Crippen LogP contribution in [0.25, 0.3) is 11.1 Å². The highest BCUT2D eigenvalue weighted by Gasteiger charge is 2.42. The summed E-state index contributed by atoms with van der Waals surface area (Å²) in [6, 6.07) is 22.9. The Labute approximate surface area is 164 Å². The molecule has 0 radical (unpaired) electrons. The van der Waals surface area contributed by atoms with Gasteiger partial charge in [-0.2, -0.15) is 0 Å². The Kier molecular flexibility index (Phi) is 6.31. The second-order valence-corrected chi connectivity index (χ2v) is 6.70. The number of nitrogens with zero attached hydrogens (tertiary/aromatic N) is 1. The van der Waals surface area contributed by atoms with Crippen LogP contribution in [-0.4, -0.2) is 33.2 Å². The minimum atomic E-state index is -1.61. The molecule has 1 heterocycles. The second-order valence-electron chi connectivity index (χ2n) is 6.70. The normalized spacial score (nSPS) is 14.2. The molecule has 0 spiro atoms. The number of rotatable bonds is 8. The summed E-state index contributed by atoms with van der Waals surface area (Å²) in [6.45, 7) is 0.859. The topological polar surface area (TPSA) is 79.7 Å². The van der Waals surface area contributed by atoms with Crippen LogP contribution in [0.1, 0.15) is 24.3 Å². The quantitative estimate of drug-likeness (QED) is 0.630. The number of carbonyl (C=O) groups excluding carboxylic acids is 1. The number of aromatic nitrogens is 1. The number of aliphatic hydroxyl groups is 2. The molecule has 0 aliphatic carbocycles. The molecular weight excluding hydrogens is 354 g/mol. The zero-order valence-corrected chi connectivity index (χ0v) is 15.7. The van der Waals surface area contributed by atoms with Crippen molar-refractivity contribution < 1.29 is 19.7 Å². The Bertz CT molecular complexity index is 897. The molecule has 3 aromatic rings. The SMILES string of the molecule is C[C@@](OCc1ccc(-c2ccccc2)cc1)(C(=O)CO)[C@@H](O)c1ccccn1. The highest BCUT2D eigenvalue weighted by molar-refractivity contribution is 5.88. The van der Waals surface area contributed by atoms with Crippen LogP contribution in [-0.2, 0) is 16.1 Å². The smallest absolute Gasteiger partial charge is 0.192 e.